The van der Waals surface area contributed by atoms with Crippen LogP contribution in [-0.2, 0) is 9.59 Å². The largest absolute Gasteiger partial charge is 0.391 e. The smallest absolute Gasteiger partial charge is 0.344 e. The first kappa shape index (κ1) is 40.1. The molecule has 0 spiro atoms. The molecule has 7 nitrogen and oxygen atoms in total. The lowest BCUT2D eigenvalue weighted by molar-refractivity contribution is -0.229. The van der Waals surface area contributed by atoms with Crippen LogP contribution in [0.25, 0.3) is 0 Å². The van der Waals surface area contributed by atoms with Crippen molar-refractivity contribution < 1.29 is 35.9 Å². The molecule has 0 aromatic heterocycles. The first-order valence-corrected chi connectivity index (χ1v) is 20.0. The van der Waals surface area contributed by atoms with Crippen LogP contribution in [0.3, 0.4) is 0 Å². The quantitative estimate of drug-likeness (QED) is 0.148. The Balaban J connectivity index is 1.23. The normalized spacial score (nSPS) is 28.0. The number of likely N-dealkylation sites (N-methyl/N-ethyl adjacent to an activating group) is 1. The molecule has 5 fully saturated rings. The first-order valence-electron chi connectivity index (χ1n) is 20.0. The van der Waals surface area contributed by atoms with Crippen molar-refractivity contribution in [3.05, 3.63) is 0 Å². The van der Waals surface area contributed by atoms with Crippen LogP contribution in [-0.4, -0.2) is 97.2 Å². The van der Waals surface area contributed by atoms with Gasteiger partial charge in [0.25, 0.3) is 0 Å². The fourth-order valence-corrected chi connectivity index (χ4v) is 9.62. The van der Waals surface area contributed by atoms with Crippen molar-refractivity contribution in [2.75, 3.05) is 46.3 Å². The minimum Gasteiger partial charge on any atom is -0.344 e. The average molecular weight is 734 g/mol. The maximum absolute atomic E-state index is 14.2. The van der Waals surface area contributed by atoms with Gasteiger partial charge in [-0.15, -0.1) is 0 Å². The summed E-state index contributed by atoms with van der Waals surface area (Å²) in [6.45, 7) is 3.25. The summed E-state index contributed by atoms with van der Waals surface area (Å²) in [4.78, 5) is 38.5. The molecule has 13 heteroatoms. The molecule has 4 saturated carbocycles. The summed E-state index contributed by atoms with van der Waals surface area (Å²) in [6.07, 6.45) is 5.36. The molecule has 0 aromatic rings. The number of aliphatic imine (C=N–C) groups is 1. The second kappa shape index (κ2) is 18.3. The van der Waals surface area contributed by atoms with Gasteiger partial charge in [0.1, 0.15) is 0 Å². The van der Waals surface area contributed by atoms with E-state index in [1.165, 1.54) is 25.7 Å². The van der Waals surface area contributed by atoms with Gasteiger partial charge in [0.15, 0.2) is 0 Å². The van der Waals surface area contributed by atoms with E-state index in [-0.39, 0.29) is 49.5 Å². The summed E-state index contributed by atoms with van der Waals surface area (Å²) in [6, 6.07) is -0.394. The Hall–Kier alpha value is -2.05. The van der Waals surface area contributed by atoms with Gasteiger partial charge in [-0.25, -0.2) is 0 Å². The number of hydrogen-bond acceptors (Lipinski definition) is 4. The Labute approximate surface area is 300 Å². The van der Waals surface area contributed by atoms with Crippen molar-refractivity contribution in [1.82, 2.24) is 20.0 Å². The maximum Gasteiger partial charge on any atom is 0.391 e. The molecule has 2 amide bonds. The molecule has 0 radical (unpaired) electrons. The highest BCUT2D eigenvalue weighted by atomic mass is 19.4. The summed E-state index contributed by atoms with van der Waals surface area (Å²) in [5, 5.41) is 3.22. The van der Waals surface area contributed by atoms with Crippen molar-refractivity contribution in [3.63, 3.8) is 0 Å². The Morgan fingerprint density at radius 2 is 1.25 bits per heavy atom. The van der Waals surface area contributed by atoms with Crippen molar-refractivity contribution >= 4 is 17.8 Å². The minimum atomic E-state index is -4.67. The Kier molecular flexibility index (Phi) is 14.4. The lowest BCUT2D eigenvalue weighted by atomic mass is 9.73. The Morgan fingerprint density at radius 3 is 1.80 bits per heavy atom. The number of carbonyl (C=O) groups is 2. The van der Waals surface area contributed by atoms with Gasteiger partial charge in [-0.05, 0) is 82.0 Å². The predicted octanol–water partition coefficient (Wildman–Crippen LogP) is 8.19. The Bertz CT molecular complexity index is 1120. The third-order valence-electron chi connectivity index (χ3n) is 12.8. The van der Waals surface area contributed by atoms with Crippen molar-refractivity contribution in [3.8, 4) is 0 Å². The zero-order valence-electron chi connectivity index (χ0n) is 30.6. The number of guanidine groups is 1. The highest BCUT2D eigenvalue weighted by Gasteiger charge is 2.51. The predicted molar refractivity (Wildman–Crippen MR) is 186 cm³/mol. The maximum atomic E-state index is 14.2. The van der Waals surface area contributed by atoms with E-state index >= 15 is 0 Å². The summed E-state index contributed by atoms with van der Waals surface area (Å²) in [7, 11) is 1.65. The Morgan fingerprint density at radius 1 is 0.725 bits per heavy atom. The molecule has 1 N–H and O–H groups in total. The van der Waals surface area contributed by atoms with Gasteiger partial charge >= 0.3 is 12.4 Å². The summed E-state index contributed by atoms with van der Waals surface area (Å²) >= 11 is 0. The number of alkyl halides is 6. The molecule has 292 valence electrons. The molecule has 5 aliphatic rings. The van der Waals surface area contributed by atoms with Crippen LogP contribution in [0.4, 0.5) is 26.3 Å². The molecule has 5 rings (SSSR count). The van der Waals surface area contributed by atoms with Crippen LogP contribution < -0.4 is 5.32 Å². The van der Waals surface area contributed by atoms with E-state index in [0.717, 1.165) is 70.6 Å². The molecule has 0 bridgehead atoms. The van der Waals surface area contributed by atoms with Gasteiger partial charge in [0, 0.05) is 52.2 Å². The molecular weight excluding hydrogens is 672 g/mol. The molecule has 3 atom stereocenters. The number of hydrogen-bond donors (Lipinski definition) is 1. The number of nitrogens with zero attached hydrogens (tertiary/aromatic N) is 4. The monoisotopic (exact) mass is 733 g/mol. The van der Waals surface area contributed by atoms with Crippen LogP contribution in [0.2, 0.25) is 0 Å². The van der Waals surface area contributed by atoms with Crippen molar-refractivity contribution in [1.29, 1.82) is 0 Å². The zero-order valence-corrected chi connectivity index (χ0v) is 30.6. The average Bonchev–Trinajstić information content (AvgIpc) is 3.13. The second-order valence-corrected chi connectivity index (χ2v) is 16.5. The number of piperazine rings is 1. The SMILES string of the molecule is CN(CCC1CC(C(F)(F)F)CC(C(F)(F)F)C1)C(=O)C(C1CCCCC1)N1CCN(C(=NCC2CCCCC2)NC(=O)C2CCCCC2)CC1. The second-order valence-electron chi connectivity index (χ2n) is 16.5. The minimum absolute atomic E-state index is 0.0102. The molecule has 1 heterocycles. The first-order chi connectivity index (χ1) is 24.3. The molecule has 1 aliphatic heterocycles. The van der Waals surface area contributed by atoms with E-state index in [9.17, 15) is 35.9 Å². The van der Waals surface area contributed by atoms with Crippen LogP contribution >= 0.6 is 0 Å². The molecule has 4 aliphatic carbocycles. The molecule has 0 aromatic carbocycles. The van der Waals surface area contributed by atoms with Crippen LogP contribution in [0.1, 0.15) is 122 Å². The lowest BCUT2D eigenvalue weighted by Crippen LogP contribution is -2.60. The third-order valence-corrected chi connectivity index (χ3v) is 12.8. The summed E-state index contributed by atoms with van der Waals surface area (Å²) < 4.78 is 81.6. The number of rotatable bonds is 9. The number of amides is 2. The topological polar surface area (TPSA) is 68.2 Å². The fourth-order valence-electron chi connectivity index (χ4n) is 9.62. The zero-order chi connectivity index (χ0) is 36.6. The highest BCUT2D eigenvalue weighted by molar-refractivity contribution is 5.98. The highest BCUT2D eigenvalue weighted by Crippen LogP contribution is 2.48. The van der Waals surface area contributed by atoms with E-state index in [1.54, 1.807) is 11.9 Å². The molecular formula is C38H61F6N5O2. The number of carbonyl (C=O) groups excluding carboxylic acids is 2. The van der Waals surface area contributed by atoms with Gasteiger partial charge in [-0.1, -0.05) is 57.8 Å². The molecule has 51 heavy (non-hydrogen) atoms. The van der Waals surface area contributed by atoms with Gasteiger partial charge in [0.05, 0.1) is 17.9 Å². The fraction of sp³-hybridized carbons (Fsp3) is 0.921. The van der Waals surface area contributed by atoms with Crippen molar-refractivity contribution in [2.45, 2.75) is 140 Å². The van der Waals surface area contributed by atoms with E-state index in [1.807, 2.05) is 0 Å². The third kappa shape index (κ3) is 11.5. The van der Waals surface area contributed by atoms with E-state index in [4.69, 9.17) is 4.99 Å². The van der Waals surface area contributed by atoms with Gasteiger partial charge < -0.3 is 9.80 Å². The standard InChI is InChI=1S/C38H61F6N5O2/c1-47(18-17-28-23-31(37(39,40)41)25-32(24-28)38(42,43)44)35(51)33(29-13-7-3-8-14-29)48-19-21-49(22-20-48)36(45-26-27-11-5-2-6-12-27)46-34(50)30-15-9-4-10-16-30/h27-33H,2-26H2,1H3,(H,45,46,50). The summed E-state index contributed by atoms with van der Waals surface area (Å²) in [5.74, 6) is -3.41. The van der Waals surface area contributed by atoms with Crippen LogP contribution in [0.15, 0.2) is 4.99 Å². The van der Waals surface area contributed by atoms with Crippen LogP contribution in [0, 0.1) is 35.5 Å². The molecule has 3 unspecified atom stereocenters. The van der Waals surface area contributed by atoms with Gasteiger partial charge in [-0.2, -0.15) is 26.3 Å². The van der Waals surface area contributed by atoms with E-state index < -0.39 is 42.6 Å². The van der Waals surface area contributed by atoms with Gasteiger partial charge in [0.2, 0.25) is 17.8 Å². The van der Waals surface area contributed by atoms with Crippen molar-refractivity contribution in [2.24, 2.45) is 40.5 Å². The summed E-state index contributed by atoms with van der Waals surface area (Å²) in [5.41, 5.74) is 0. The number of nitrogens with one attached hydrogen (secondary N) is 1. The van der Waals surface area contributed by atoms with E-state index in [0.29, 0.717) is 44.6 Å². The lowest BCUT2D eigenvalue weighted by Gasteiger charge is -2.44. The van der Waals surface area contributed by atoms with Gasteiger partial charge in [-0.3, -0.25) is 24.8 Å². The number of halogens is 6. The van der Waals surface area contributed by atoms with E-state index in [2.05, 4.69) is 15.1 Å². The molecule has 1 saturated heterocycles. The van der Waals surface area contributed by atoms with Crippen LogP contribution in [0.5, 0.6) is 0 Å².